The Morgan fingerprint density at radius 1 is 1.18 bits per heavy atom. The Morgan fingerprint density at radius 3 is 2.60 bits per heavy atom. The SMILES string of the molecule is C=N/C(=C\C(=N/COc1ccc2[nH]c(C)cc2c1Cl)N1CCN(c2ccccc2)CC1)Nc1cc(N)[nH]n1.CF. The Morgan fingerprint density at radius 2 is 1.93 bits per heavy atom. The molecule has 2 aromatic carbocycles. The van der Waals surface area contributed by atoms with Crippen LogP contribution in [-0.2, 0) is 0 Å². The molecule has 40 heavy (non-hydrogen) atoms. The zero-order chi connectivity index (χ0) is 28.5. The van der Waals surface area contributed by atoms with Crippen molar-refractivity contribution in [1.82, 2.24) is 20.1 Å². The van der Waals surface area contributed by atoms with Crippen molar-refractivity contribution in [3.8, 4) is 5.75 Å². The fraction of sp³-hybridized carbons (Fsp3) is 0.250. The second kappa shape index (κ2) is 13.5. The molecule has 0 radical (unpaired) electrons. The summed E-state index contributed by atoms with van der Waals surface area (Å²) < 4.78 is 15.5. The Bertz CT molecular complexity index is 1470. The second-order valence-corrected chi connectivity index (χ2v) is 9.29. The number of aryl methyl sites for hydroxylation is 1. The maximum Gasteiger partial charge on any atom is 0.181 e. The number of benzene rings is 2. The molecule has 5 N–H and O–H groups in total. The summed E-state index contributed by atoms with van der Waals surface area (Å²) in [5, 5.41) is 11.4. The van der Waals surface area contributed by atoms with Gasteiger partial charge in [-0.2, -0.15) is 5.10 Å². The van der Waals surface area contributed by atoms with Crippen molar-refractivity contribution in [1.29, 1.82) is 0 Å². The minimum Gasteiger partial charge on any atom is -0.470 e. The van der Waals surface area contributed by atoms with E-state index in [1.54, 1.807) is 6.07 Å². The Kier molecular flexibility index (Phi) is 9.63. The number of nitrogens with one attached hydrogen (secondary N) is 3. The lowest BCUT2D eigenvalue weighted by molar-refractivity contribution is 0.324. The number of nitrogens with zero attached hydrogens (tertiary/aromatic N) is 5. The molecule has 10 nitrogen and oxygen atoms in total. The molecule has 4 aromatic rings. The van der Waals surface area contributed by atoms with Crippen LogP contribution in [0.25, 0.3) is 10.9 Å². The summed E-state index contributed by atoms with van der Waals surface area (Å²) in [6.07, 6.45) is 1.83. The van der Waals surface area contributed by atoms with Gasteiger partial charge in [-0.25, -0.2) is 9.98 Å². The Balaban J connectivity index is 0.00000181. The quantitative estimate of drug-likeness (QED) is 0.171. The molecule has 210 valence electrons. The number of aliphatic imine (C=N–C) groups is 2. The number of aromatic amines is 2. The lowest BCUT2D eigenvalue weighted by atomic mass is 10.2. The van der Waals surface area contributed by atoms with E-state index in [-0.39, 0.29) is 6.73 Å². The molecule has 12 heteroatoms. The van der Waals surface area contributed by atoms with Crippen LogP contribution in [0.3, 0.4) is 0 Å². The second-order valence-electron chi connectivity index (χ2n) is 8.91. The highest BCUT2D eigenvalue weighted by molar-refractivity contribution is 6.37. The van der Waals surface area contributed by atoms with Gasteiger partial charge in [-0.1, -0.05) is 29.8 Å². The van der Waals surface area contributed by atoms with Crippen LogP contribution in [0.15, 0.2) is 76.5 Å². The van der Waals surface area contributed by atoms with Crippen molar-refractivity contribution in [2.24, 2.45) is 9.98 Å². The van der Waals surface area contributed by atoms with Crippen molar-refractivity contribution in [2.75, 3.05) is 56.0 Å². The highest BCUT2D eigenvalue weighted by atomic mass is 35.5. The first-order chi connectivity index (χ1) is 19.5. The summed E-state index contributed by atoms with van der Waals surface area (Å²) in [6.45, 7) is 9.04. The molecule has 1 fully saturated rings. The maximum atomic E-state index is 9.50. The molecule has 0 aliphatic carbocycles. The molecular weight excluding hydrogens is 533 g/mol. The smallest absolute Gasteiger partial charge is 0.181 e. The van der Waals surface area contributed by atoms with E-state index in [4.69, 9.17) is 27.1 Å². The van der Waals surface area contributed by atoms with Crippen LogP contribution in [0.4, 0.5) is 21.7 Å². The highest BCUT2D eigenvalue weighted by Gasteiger charge is 2.20. The predicted octanol–water partition coefficient (Wildman–Crippen LogP) is 5.23. The minimum absolute atomic E-state index is 0.0825. The van der Waals surface area contributed by atoms with Crippen LogP contribution >= 0.6 is 11.6 Å². The van der Waals surface area contributed by atoms with Gasteiger partial charge >= 0.3 is 0 Å². The van der Waals surface area contributed by atoms with Gasteiger partial charge in [0.25, 0.3) is 0 Å². The molecule has 0 saturated carbocycles. The number of para-hydroxylation sites is 1. The van der Waals surface area contributed by atoms with Gasteiger partial charge in [0.15, 0.2) is 12.5 Å². The monoisotopic (exact) mass is 565 g/mol. The van der Waals surface area contributed by atoms with E-state index in [1.807, 2.05) is 37.3 Å². The lowest BCUT2D eigenvalue weighted by Crippen LogP contribution is -2.48. The van der Waals surface area contributed by atoms with Crippen LogP contribution in [0.5, 0.6) is 5.75 Å². The van der Waals surface area contributed by atoms with E-state index < -0.39 is 0 Å². The fourth-order valence-corrected chi connectivity index (χ4v) is 4.69. The number of aromatic nitrogens is 3. The van der Waals surface area contributed by atoms with E-state index >= 15 is 0 Å². The summed E-state index contributed by atoms with van der Waals surface area (Å²) in [5.74, 6) is 2.76. The van der Waals surface area contributed by atoms with Crippen LogP contribution in [0.2, 0.25) is 5.02 Å². The van der Waals surface area contributed by atoms with Gasteiger partial charge in [-0.05, 0) is 44.0 Å². The predicted molar refractivity (Wildman–Crippen MR) is 162 cm³/mol. The number of amidine groups is 1. The number of hydrogen-bond donors (Lipinski definition) is 4. The summed E-state index contributed by atoms with van der Waals surface area (Å²) in [5.41, 5.74) is 8.97. The van der Waals surface area contributed by atoms with E-state index in [0.717, 1.165) is 42.8 Å². The number of halogens is 2. The molecule has 1 saturated heterocycles. The third-order valence-corrected chi connectivity index (χ3v) is 6.69. The number of anilines is 3. The van der Waals surface area contributed by atoms with Gasteiger partial charge in [0.2, 0.25) is 0 Å². The van der Waals surface area contributed by atoms with Crippen molar-refractivity contribution < 1.29 is 9.13 Å². The molecule has 2 aromatic heterocycles. The number of alkyl halides is 1. The summed E-state index contributed by atoms with van der Waals surface area (Å²) in [7, 11) is 0.500. The van der Waals surface area contributed by atoms with E-state index in [1.165, 1.54) is 5.69 Å². The first-order valence-electron chi connectivity index (χ1n) is 12.6. The van der Waals surface area contributed by atoms with Gasteiger partial charge in [-0.3, -0.25) is 9.49 Å². The van der Waals surface area contributed by atoms with Gasteiger partial charge in [0, 0.05) is 60.6 Å². The molecule has 3 heterocycles. The van der Waals surface area contributed by atoms with Crippen molar-refractivity contribution >= 4 is 52.4 Å². The molecule has 0 amide bonds. The summed E-state index contributed by atoms with van der Waals surface area (Å²) >= 11 is 6.62. The van der Waals surface area contributed by atoms with Gasteiger partial charge in [0.05, 0.1) is 12.2 Å². The number of rotatable bonds is 8. The number of piperazine rings is 1. The standard InChI is InChI=1S/C27H30ClN9O.CH3F/c1-18-14-20-21(32-18)8-9-22(27(20)28)38-17-31-26(16-24(30-2)33-25-15-23(29)34-35-25)37-12-10-36(11-13-37)19-6-4-3-5-7-19;1-2/h3-9,14-16,32H,2,10-13,17H2,1H3,(H4,29,33,34,35);1H3/b24-16+,31-26+;. The number of nitrogen functional groups attached to an aromatic ring is 1. The number of ether oxygens (including phenoxy) is 1. The van der Waals surface area contributed by atoms with Crippen LogP contribution in [0.1, 0.15) is 5.69 Å². The number of nitrogens with two attached hydrogens (primary N) is 1. The minimum atomic E-state index is 0.0825. The molecular formula is C28H33ClFN9O. The maximum absolute atomic E-state index is 9.50. The van der Waals surface area contributed by atoms with Crippen molar-refractivity contribution in [2.45, 2.75) is 6.92 Å². The zero-order valence-corrected chi connectivity index (χ0v) is 23.2. The highest BCUT2D eigenvalue weighted by Crippen LogP contribution is 2.33. The topological polar surface area (TPSA) is 123 Å². The largest absolute Gasteiger partial charge is 0.470 e. The number of fused-ring (bicyclic) bond motifs is 1. The third-order valence-electron chi connectivity index (χ3n) is 6.30. The molecule has 0 unspecified atom stereocenters. The number of hydrogen-bond acceptors (Lipinski definition) is 7. The van der Waals surface area contributed by atoms with Gasteiger partial charge < -0.3 is 30.6 Å². The van der Waals surface area contributed by atoms with Crippen LogP contribution in [0, 0.1) is 6.92 Å². The van der Waals surface area contributed by atoms with Gasteiger partial charge in [-0.15, -0.1) is 0 Å². The molecule has 1 aliphatic heterocycles. The average molecular weight is 566 g/mol. The molecule has 0 spiro atoms. The Labute approximate surface area is 237 Å². The van der Waals surface area contributed by atoms with Crippen molar-refractivity contribution in [3.05, 3.63) is 77.2 Å². The first kappa shape index (κ1) is 28.5. The summed E-state index contributed by atoms with van der Waals surface area (Å²) in [6, 6.07) is 17.9. The first-order valence-corrected chi connectivity index (χ1v) is 13.0. The molecule has 5 rings (SSSR count). The zero-order valence-electron chi connectivity index (χ0n) is 22.5. The van der Waals surface area contributed by atoms with Crippen LogP contribution < -0.4 is 20.7 Å². The Hall–Kier alpha value is -4.51. The summed E-state index contributed by atoms with van der Waals surface area (Å²) in [4.78, 5) is 16.8. The molecule has 0 bridgehead atoms. The normalized spacial score (nSPS) is 14.1. The number of H-pyrrole nitrogens is 2. The van der Waals surface area contributed by atoms with E-state index in [0.29, 0.717) is 41.2 Å². The molecule has 1 aliphatic rings. The lowest BCUT2D eigenvalue weighted by Gasteiger charge is -2.37. The van der Waals surface area contributed by atoms with E-state index in [9.17, 15) is 4.39 Å². The third kappa shape index (κ3) is 6.92. The van der Waals surface area contributed by atoms with Gasteiger partial charge in [0.1, 0.15) is 23.2 Å². The fourth-order valence-electron chi connectivity index (χ4n) is 4.41. The van der Waals surface area contributed by atoms with Crippen LogP contribution in [-0.4, -0.2) is 72.7 Å². The van der Waals surface area contributed by atoms with E-state index in [2.05, 4.69) is 66.3 Å². The molecule has 0 atom stereocenters. The van der Waals surface area contributed by atoms with Crippen molar-refractivity contribution in [3.63, 3.8) is 0 Å². The average Bonchev–Trinajstić information content (AvgIpc) is 3.59.